The van der Waals surface area contributed by atoms with Crippen molar-refractivity contribution in [2.24, 2.45) is 0 Å². The third-order valence-corrected chi connectivity index (χ3v) is 6.38. The fourth-order valence-corrected chi connectivity index (χ4v) is 4.66. The first kappa shape index (κ1) is 20.7. The number of nitrogens with zero attached hydrogens (tertiary/aromatic N) is 3. The van der Waals surface area contributed by atoms with E-state index in [0.717, 1.165) is 31.7 Å². The molecular weight excluding hydrogens is 413 g/mol. The predicted octanol–water partition coefficient (Wildman–Crippen LogP) is 2.27. The zero-order chi connectivity index (χ0) is 22.6. The lowest BCUT2D eigenvalue weighted by Gasteiger charge is -2.33. The molecule has 0 radical (unpaired) electrons. The van der Waals surface area contributed by atoms with Crippen LogP contribution < -0.4 is 11.0 Å². The Labute approximate surface area is 184 Å². The van der Waals surface area contributed by atoms with Crippen molar-refractivity contribution in [2.75, 3.05) is 26.2 Å². The molecule has 9 heteroatoms. The first-order valence-electron chi connectivity index (χ1n) is 10.8. The molecule has 1 aliphatic heterocycles. The number of fused-ring (bicyclic) bond motifs is 2. The van der Waals surface area contributed by atoms with Crippen molar-refractivity contribution in [1.82, 2.24) is 25.0 Å². The summed E-state index contributed by atoms with van der Waals surface area (Å²) in [5, 5.41) is 30.5. The van der Waals surface area contributed by atoms with Crippen LogP contribution in [0.1, 0.15) is 48.1 Å². The minimum atomic E-state index is -0.598. The highest BCUT2D eigenvalue weighted by Gasteiger charge is 2.35. The number of rotatable bonds is 5. The number of phenolic OH excluding ortho intramolecular Hbond substituents is 2. The second kappa shape index (κ2) is 7.75. The average Bonchev–Trinajstić information content (AvgIpc) is 3.10. The summed E-state index contributed by atoms with van der Waals surface area (Å²) in [5.41, 5.74) is 2.35. The Bertz CT molecular complexity index is 1240. The molecule has 2 bridgehead atoms. The van der Waals surface area contributed by atoms with Crippen molar-refractivity contribution < 1.29 is 14.6 Å². The van der Waals surface area contributed by atoms with E-state index in [1.165, 1.54) is 10.6 Å². The van der Waals surface area contributed by atoms with Gasteiger partial charge in [-0.3, -0.25) is 9.47 Å². The fourth-order valence-electron chi connectivity index (χ4n) is 4.66. The molecule has 32 heavy (non-hydrogen) atoms. The van der Waals surface area contributed by atoms with E-state index in [1.807, 2.05) is 19.9 Å². The largest absolute Gasteiger partial charge is 0.508 e. The smallest absolute Gasteiger partial charge is 0.344 e. The quantitative estimate of drug-likeness (QED) is 0.380. The highest BCUT2D eigenvalue weighted by Crippen LogP contribution is 2.43. The van der Waals surface area contributed by atoms with Gasteiger partial charge in [-0.15, -0.1) is 0 Å². The van der Waals surface area contributed by atoms with Crippen molar-refractivity contribution in [3.63, 3.8) is 0 Å². The molecule has 2 heterocycles. The van der Waals surface area contributed by atoms with Crippen molar-refractivity contribution in [3.8, 4) is 22.9 Å². The van der Waals surface area contributed by atoms with Gasteiger partial charge in [0.1, 0.15) is 17.3 Å². The summed E-state index contributed by atoms with van der Waals surface area (Å²) in [6.07, 6.45) is 0. The summed E-state index contributed by atoms with van der Waals surface area (Å²) >= 11 is 0. The van der Waals surface area contributed by atoms with Crippen molar-refractivity contribution in [2.45, 2.75) is 32.4 Å². The number of aromatic nitrogens is 3. The van der Waals surface area contributed by atoms with Crippen molar-refractivity contribution in [1.29, 1.82) is 0 Å². The van der Waals surface area contributed by atoms with Crippen molar-refractivity contribution >= 4 is 0 Å². The molecule has 2 aliphatic carbocycles. The van der Waals surface area contributed by atoms with E-state index in [1.54, 1.807) is 12.1 Å². The lowest BCUT2D eigenvalue weighted by molar-refractivity contribution is 0.229. The summed E-state index contributed by atoms with van der Waals surface area (Å²) < 4.78 is 16.7. The zero-order valence-electron chi connectivity index (χ0n) is 18.0. The van der Waals surface area contributed by atoms with Crippen LogP contribution in [-0.4, -0.2) is 56.1 Å². The van der Waals surface area contributed by atoms with E-state index < -0.39 is 11.7 Å². The van der Waals surface area contributed by atoms with E-state index in [4.69, 9.17) is 0 Å². The Morgan fingerprint density at radius 3 is 2.59 bits per heavy atom. The molecule has 1 atom stereocenters. The number of aromatic hydroxyl groups is 2. The molecule has 8 nitrogen and oxygen atoms in total. The summed E-state index contributed by atoms with van der Waals surface area (Å²) in [5.74, 6) is -0.331. The molecule has 1 fully saturated rings. The molecule has 2 aromatic carbocycles. The number of aromatic amines is 1. The third-order valence-electron chi connectivity index (χ3n) is 6.38. The van der Waals surface area contributed by atoms with Gasteiger partial charge in [0.05, 0.1) is 11.6 Å². The topological polar surface area (TPSA) is 106 Å². The number of phenols is 2. The van der Waals surface area contributed by atoms with Gasteiger partial charge in [-0.1, -0.05) is 13.8 Å². The normalized spacial score (nSPS) is 18.2. The second-order valence-electron chi connectivity index (χ2n) is 8.82. The van der Waals surface area contributed by atoms with Gasteiger partial charge < -0.3 is 15.5 Å². The number of piperazine rings is 1. The first-order chi connectivity index (χ1) is 15.3. The highest BCUT2D eigenvalue weighted by molar-refractivity contribution is 5.68. The highest BCUT2D eigenvalue weighted by atomic mass is 19.1. The maximum atomic E-state index is 15.3. The molecule has 0 saturated carbocycles. The summed E-state index contributed by atoms with van der Waals surface area (Å²) in [6.45, 7) is 7.88. The lowest BCUT2D eigenvalue weighted by Crippen LogP contribution is -2.43. The van der Waals surface area contributed by atoms with E-state index in [-0.39, 0.29) is 29.1 Å². The van der Waals surface area contributed by atoms with Crippen LogP contribution in [0.15, 0.2) is 29.1 Å². The molecule has 0 spiro atoms. The van der Waals surface area contributed by atoms with Gasteiger partial charge in [-0.25, -0.2) is 14.3 Å². The van der Waals surface area contributed by atoms with Gasteiger partial charge in [0, 0.05) is 49.9 Å². The summed E-state index contributed by atoms with van der Waals surface area (Å²) in [6, 6.07) is 5.84. The number of hydrogen-bond donors (Lipinski definition) is 4. The van der Waals surface area contributed by atoms with Crippen LogP contribution >= 0.6 is 0 Å². The Morgan fingerprint density at radius 2 is 1.91 bits per heavy atom. The number of benzene rings is 2. The molecular formula is C23H26FN5O3. The zero-order valence-corrected chi connectivity index (χ0v) is 18.0. The Hall–Kier alpha value is -3.17. The third kappa shape index (κ3) is 3.28. The van der Waals surface area contributed by atoms with Crippen LogP contribution in [0, 0.1) is 5.82 Å². The Kier molecular flexibility index (Phi) is 5.02. The SMILES string of the molecule is CC(C)c1cc(-c2n[nH]c(=O)n2C2c3cc(CN4CCNCC4)c(F)c2c3)c(O)cc1O. The monoisotopic (exact) mass is 439 g/mol. The van der Waals surface area contributed by atoms with Crippen LogP contribution in [0.4, 0.5) is 4.39 Å². The van der Waals surface area contributed by atoms with Gasteiger partial charge in [-0.2, -0.15) is 5.10 Å². The molecule has 3 aliphatic rings. The van der Waals surface area contributed by atoms with Crippen molar-refractivity contribution in [3.05, 3.63) is 62.8 Å². The Balaban J connectivity index is 1.52. The number of halogens is 1. The van der Waals surface area contributed by atoms with Gasteiger partial charge in [0.2, 0.25) is 0 Å². The minimum Gasteiger partial charge on any atom is -0.508 e. The second-order valence-corrected chi connectivity index (χ2v) is 8.82. The molecule has 1 unspecified atom stereocenters. The van der Waals surface area contributed by atoms with Crippen LogP contribution in [0.2, 0.25) is 0 Å². The van der Waals surface area contributed by atoms with Crippen LogP contribution in [0.5, 0.6) is 11.5 Å². The summed E-state index contributed by atoms with van der Waals surface area (Å²) in [7, 11) is 0. The van der Waals surface area contributed by atoms with E-state index in [9.17, 15) is 15.0 Å². The molecule has 6 rings (SSSR count). The van der Waals surface area contributed by atoms with E-state index >= 15 is 4.39 Å². The number of H-pyrrole nitrogens is 1. The minimum absolute atomic E-state index is 0.00473. The average molecular weight is 439 g/mol. The van der Waals surface area contributed by atoms with Gasteiger partial charge in [-0.05, 0) is 35.2 Å². The first-order valence-corrected chi connectivity index (χ1v) is 10.8. The van der Waals surface area contributed by atoms with Crippen LogP contribution in [0.25, 0.3) is 11.4 Å². The predicted molar refractivity (Wildman–Crippen MR) is 117 cm³/mol. The van der Waals surface area contributed by atoms with Crippen LogP contribution in [-0.2, 0) is 6.54 Å². The molecule has 3 aromatic rings. The standard InChI is InChI=1S/C23H26FN5O3/c1-12(2)15-9-16(19(31)10-18(15)30)22-26-27-23(32)29(22)21-13-7-14(20(24)17(21)8-13)11-28-5-3-25-4-6-28/h7-10,12,21,25,30-31H,3-6,11H2,1-2H3,(H,27,32). The number of nitrogens with one attached hydrogen (secondary N) is 2. The van der Waals surface area contributed by atoms with Gasteiger partial charge in [0.25, 0.3) is 0 Å². The molecule has 0 amide bonds. The fraction of sp³-hybridized carbons (Fsp3) is 0.391. The molecule has 1 aromatic heterocycles. The lowest BCUT2D eigenvalue weighted by atomic mass is 9.83. The molecule has 168 valence electrons. The van der Waals surface area contributed by atoms with E-state index in [0.29, 0.717) is 28.8 Å². The van der Waals surface area contributed by atoms with E-state index in [2.05, 4.69) is 20.4 Å². The maximum Gasteiger partial charge on any atom is 0.344 e. The Morgan fingerprint density at radius 1 is 1.16 bits per heavy atom. The summed E-state index contributed by atoms with van der Waals surface area (Å²) in [4.78, 5) is 14.9. The molecule has 1 saturated heterocycles. The number of hydrogen-bond acceptors (Lipinski definition) is 6. The van der Waals surface area contributed by atoms with Crippen LogP contribution in [0.3, 0.4) is 0 Å². The molecule has 4 N–H and O–H groups in total. The maximum absolute atomic E-state index is 15.3. The van der Waals surface area contributed by atoms with Gasteiger partial charge >= 0.3 is 5.69 Å². The van der Waals surface area contributed by atoms with Gasteiger partial charge in [0.15, 0.2) is 5.82 Å².